The minimum Gasteiger partial charge on any atom is -0.322 e. The van der Waals surface area contributed by atoms with Crippen LogP contribution in [-0.4, -0.2) is 24.5 Å². The van der Waals surface area contributed by atoms with Gasteiger partial charge in [-0.1, -0.05) is 30.7 Å². The molecule has 1 aromatic rings. The molecule has 0 bridgehead atoms. The maximum absolute atomic E-state index is 6.40. The van der Waals surface area contributed by atoms with Gasteiger partial charge >= 0.3 is 0 Å². The molecule has 2 N–H and O–H groups in total. The van der Waals surface area contributed by atoms with Crippen molar-refractivity contribution >= 4 is 11.6 Å². The zero-order chi connectivity index (χ0) is 13.2. The van der Waals surface area contributed by atoms with Crippen LogP contribution in [0.5, 0.6) is 0 Å². The molecule has 0 aromatic heterocycles. The van der Waals surface area contributed by atoms with Crippen molar-refractivity contribution in [3.63, 3.8) is 0 Å². The van der Waals surface area contributed by atoms with Gasteiger partial charge in [0, 0.05) is 16.6 Å². The second-order valence-corrected chi connectivity index (χ2v) is 5.50. The summed E-state index contributed by atoms with van der Waals surface area (Å²) in [7, 11) is 4.14. The van der Waals surface area contributed by atoms with Crippen LogP contribution >= 0.6 is 11.6 Å². The molecular weight excluding hydrogens is 232 g/mol. The molecular formula is C14H23ClN2. The Hall–Kier alpha value is -0.570. The number of nitrogens with two attached hydrogens (primary N) is 1. The summed E-state index contributed by atoms with van der Waals surface area (Å²) in [5.74, 6) is 0. The smallest absolute Gasteiger partial charge is 0.0479 e. The zero-order valence-electron chi connectivity index (χ0n) is 11.4. The highest BCUT2D eigenvalue weighted by molar-refractivity contribution is 6.31. The van der Waals surface area contributed by atoms with Crippen molar-refractivity contribution in [1.29, 1.82) is 0 Å². The Balaban J connectivity index is 3.10. The molecule has 17 heavy (non-hydrogen) atoms. The number of hydrogen-bond donors (Lipinski definition) is 1. The van der Waals surface area contributed by atoms with E-state index in [0.717, 1.165) is 22.6 Å². The molecule has 2 atom stereocenters. The van der Waals surface area contributed by atoms with Gasteiger partial charge in [0.1, 0.15) is 0 Å². The predicted molar refractivity (Wildman–Crippen MR) is 75.5 cm³/mol. The van der Waals surface area contributed by atoms with E-state index in [1.54, 1.807) is 0 Å². The van der Waals surface area contributed by atoms with Crippen molar-refractivity contribution < 1.29 is 0 Å². The van der Waals surface area contributed by atoms with Crippen LogP contribution in [0, 0.1) is 6.92 Å². The van der Waals surface area contributed by atoms with E-state index >= 15 is 0 Å². The first-order chi connectivity index (χ1) is 7.82. The Morgan fingerprint density at radius 1 is 1.41 bits per heavy atom. The van der Waals surface area contributed by atoms with Gasteiger partial charge < -0.3 is 10.6 Å². The van der Waals surface area contributed by atoms with Crippen LogP contribution in [0.15, 0.2) is 18.2 Å². The first-order valence-electron chi connectivity index (χ1n) is 6.02. The highest BCUT2D eigenvalue weighted by Crippen LogP contribution is 2.32. The molecule has 0 aliphatic heterocycles. The Morgan fingerprint density at radius 2 is 2.00 bits per heavy atom. The van der Waals surface area contributed by atoms with Crippen LogP contribution in [0.4, 0.5) is 0 Å². The van der Waals surface area contributed by atoms with Gasteiger partial charge in [0.25, 0.3) is 0 Å². The lowest BCUT2D eigenvalue weighted by Gasteiger charge is -2.41. The Labute approximate surface area is 110 Å². The summed E-state index contributed by atoms with van der Waals surface area (Å²) in [6.07, 6.45) is 0.993. The van der Waals surface area contributed by atoms with Gasteiger partial charge in [-0.05, 0) is 51.6 Å². The van der Waals surface area contributed by atoms with Crippen molar-refractivity contribution in [1.82, 2.24) is 4.90 Å². The standard InChI is InChI=1S/C14H23ClN2/c1-6-14(3,17(4)5)13(16)11-8-7-10(2)12(15)9-11/h7-9,13H,6,16H2,1-5H3. The molecule has 0 saturated heterocycles. The molecule has 0 amide bonds. The van der Waals surface area contributed by atoms with Crippen LogP contribution < -0.4 is 5.73 Å². The Kier molecular flexibility index (Phi) is 4.59. The third kappa shape index (κ3) is 2.82. The molecule has 1 aromatic carbocycles. The molecule has 0 fully saturated rings. The van der Waals surface area contributed by atoms with E-state index in [1.165, 1.54) is 0 Å². The lowest BCUT2D eigenvalue weighted by atomic mass is 9.84. The van der Waals surface area contributed by atoms with Crippen molar-refractivity contribution in [3.05, 3.63) is 34.3 Å². The van der Waals surface area contributed by atoms with Gasteiger partial charge in [0.2, 0.25) is 0 Å². The number of benzene rings is 1. The van der Waals surface area contributed by atoms with Crippen molar-refractivity contribution in [2.75, 3.05) is 14.1 Å². The highest BCUT2D eigenvalue weighted by Gasteiger charge is 2.33. The molecule has 1 rings (SSSR count). The topological polar surface area (TPSA) is 29.3 Å². The van der Waals surface area contributed by atoms with E-state index in [0.29, 0.717) is 0 Å². The van der Waals surface area contributed by atoms with Crippen molar-refractivity contribution in [3.8, 4) is 0 Å². The number of halogens is 1. The molecule has 2 nitrogen and oxygen atoms in total. The molecule has 3 heteroatoms. The summed E-state index contributed by atoms with van der Waals surface area (Å²) in [6, 6.07) is 6.05. The van der Waals surface area contributed by atoms with Crippen molar-refractivity contribution in [2.24, 2.45) is 5.73 Å². The molecule has 0 heterocycles. The maximum atomic E-state index is 6.40. The van der Waals surface area contributed by atoms with E-state index in [1.807, 2.05) is 19.1 Å². The van der Waals surface area contributed by atoms with Crippen LogP contribution in [0.1, 0.15) is 37.4 Å². The highest BCUT2D eigenvalue weighted by atomic mass is 35.5. The summed E-state index contributed by atoms with van der Waals surface area (Å²) in [5.41, 5.74) is 8.53. The van der Waals surface area contributed by atoms with Gasteiger partial charge in [0.15, 0.2) is 0 Å². The predicted octanol–water partition coefficient (Wildman–Crippen LogP) is 3.38. The first-order valence-corrected chi connectivity index (χ1v) is 6.39. The van der Waals surface area contributed by atoms with E-state index < -0.39 is 0 Å². The molecule has 0 radical (unpaired) electrons. The van der Waals surface area contributed by atoms with E-state index in [9.17, 15) is 0 Å². The van der Waals surface area contributed by atoms with Gasteiger partial charge in [-0.2, -0.15) is 0 Å². The average molecular weight is 255 g/mol. The minimum atomic E-state index is -0.0570. The molecule has 0 saturated carbocycles. The molecule has 0 aliphatic carbocycles. The third-order valence-corrected chi connectivity index (χ3v) is 4.37. The average Bonchev–Trinajstić information content (AvgIpc) is 2.30. The molecule has 2 unspecified atom stereocenters. The van der Waals surface area contributed by atoms with E-state index in [2.05, 4.69) is 38.9 Å². The first kappa shape index (κ1) is 14.5. The molecule has 96 valence electrons. The van der Waals surface area contributed by atoms with Gasteiger partial charge in [-0.15, -0.1) is 0 Å². The van der Waals surface area contributed by atoms with E-state index in [4.69, 9.17) is 17.3 Å². The number of likely N-dealkylation sites (N-methyl/N-ethyl adjacent to an activating group) is 1. The minimum absolute atomic E-state index is 0.0411. The fourth-order valence-electron chi connectivity index (χ4n) is 1.98. The SMILES string of the molecule is CCC(C)(C(N)c1ccc(C)c(Cl)c1)N(C)C. The van der Waals surface area contributed by atoms with Crippen LogP contribution in [0.25, 0.3) is 0 Å². The van der Waals surface area contributed by atoms with Gasteiger partial charge in [-0.25, -0.2) is 0 Å². The second kappa shape index (κ2) is 5.38. The molecule has 0 spiro atoms. The van der Waals surface area contributed by atoms with Crippen LogP contribution in [0.2, 0.25) is 5.02 Å². The van der Waals surface area contributed by atoms with E-state index in [-0.39, 0.29) is 11.6 Å². The Morgan fingerprint density at radius 3 is 2.41 bits per heavy atom. The van der Waals surface area contributed by atoms with Gasteiger partial charge in [-0.3, -0.25) is 0 Å². The lowest BCUT2D eigenvalue weighted by Crippen LogP contribution is -2.49. The zero-order valence-corrected chi connectivity index (χ0v) is 12.2. The quantitative estimate of drug-likeness (QED) is 0.893. The summed E-state index contributed by atoms with van der Waals surface area (Å²) >= 11 is 6.16. The summed E-state index contributed by atoms with van der Waals surface area (Å²) in [6.45, 7) is 6.35. The fourth-order valence-corrected chi connectivity index (χ4v) is 2.16. The van der Waals surface area contributed by atoms with Crippen LogP contribution in [-0.2, 0) is 0 Å². The lowest BCUT2D eigenvalue weighted by molar-refractivity contribution is 0.132. The summed E-state index contributed by atoms with van der Waals surface area (Å²) < 4.78 is 0. The normalized spacial score (nSPS) is 16.9. The fraction of sp³-hybridized carbons (Fsp3) is 0.571. The molecule has 0 aliphatic rings. The van der Waals surface area contributed by atoms with Crippen molar-refractivity contribution in [2.45, 2.75) is 38.8 Å². The second-order valence-electron chi connectivity index (χ2n) is 5.09. The third-order valence-electron chi connectivity index (χ3n) is 3.96. The summed E-state index contributed by atoms with van der Waals surface area (Å²) in [4.78, 5) is 2.19. The number of hydrogen-bond acceptors (Lipinski definition) is 2. The Bertz CT molecular complexity index is 390. The number of aryl methyl sites for hydroxylation is 1. The van der Waals surface area contributed by atoms with Gasteiger partial charge in [0.05, 0.1) is 0 Å². The number of nitrogens with zero attached hydrogens (tertiary/aromatic N) is 1. The monoisotopic (exact) mass is 254 g/mol. The largest absolute Gasteiger partial charge is 0.322 e. The number of rotatable bonds is 4. The maximum Gasteiger partial charge on any atom is 0.0479 e. The summed E-state index contributed by atoms with van der Waals surface area (Å²) in [5, 5.41) is 0.787. The van der Waals surface area contributed by atoms with Crippen LogP contribution in [0.3, 0.4) is 0 Å².